The molecule has 4 nitrogen and oxygen atoms in total. The molecule has 1 unspecified atom stereocenters. The zero-order chi connectivity index (χ0) is 16.1. The summed E-state index contributed by atoms with van der Waals surface area (Å²) in [4.78, 5) is 2.44. The van der Waals surface area contributed by atoms with Crippen LogP contribution in [0.5, 0.6) is 0 Å². The van der Waals surface area contributed by atoms with Crippen LogP contribution in [0, 0.1) is 0 Å². The van der Waals surface area contributed by atoms with E-state index < -0.39 is 9.84 Å². The van der Waals surface area contributed by atoms with Gasteiger partial charge in [-0.2, -0.15) is 0 Å². The highest BCUT2D eigenvalue weighted by atomic mass is 32.2. The molecule has 0 aromatic carbocycles. The minimum atomic E-state index is -2.90. The molecule has 1 fully saturated rings. The highest BCUT2D eigenvalue weighted by Crippen LogP contribution is 2.31. The summed E-state index contributed by atoms with van der Waals surface area (Å²) in [6.45, 7) is 13.4. The zero-order valence-corrected chi connectivity index (χ0v) is 15.4. The maximum Gasteiger partial charge on any atom is 0.151 e. The molecule has 0 spiro atoms. The topological polar surface area (TPSA) is 49.4 Å². The van der Waals surface area contributed by atoms with Crippen molar-refractivity contribution in [1.29, 1.82) is 0 Å². The van der Waals surface area contributed by atoms with Crippen LogP contribution in [0.2, 0.25) is 0 Å². The maximum absolute atomic E-state index is 12.0. The molecular formula is C16H34N2O2S. The summed E-state index contributed by atoms with van der Waals surface area (Å²) in [6.07, 6.45) is 3.90. The van der Waals surface area contributed by atoms with Crippen molar-refractivity contribution in [3.63, 3.8) is 0 Å². The van der Waals surface area contributed by atoms with Crippen LogP contribution in [0.4, 0.5) is 0 Å². The van der Waals surface area contributed by atoms with Crippen LogP contribution in [-0.2, 0) is 9.84 Å². The van der Waals surface area contributed by atoms with Crippen LogP contribution in [0.3, 0.4) is 0 Å². The minimum absolute atomic E-state index is 0.0996. The number of hydrogen-bond acceptors (Lipinski definition) is 4. The summed E-state index contributed by atoms with van der Waals surface area (Å²) >= 11 is 0. The van der Waals surface area contributed by atoms with E-state index in [1.807, 2.05) is 6.92 Å². The van der Waals surface area contributed by atoms with Crippen molar-refractivity contribution in [2.45, 2.75) is 71.4 Å². The molecule has 1 heterocycles. The Morgan fingerprint density at radius 2 is 1.67 bits per heavy atom. The second kappa shape index (κ2) is 7.42. The quantitative estimate of drug-likeness (QED) is 0.747. The Bertz CT molecular complexity index is 418. The molecule has 21 heavy (non-hydrogen) atoms. The molecule has 0 amide bonds. The molecule has 1 aliphatic heterocycles. The first-order valence-corrected chi connectivity index (χ1v) is 10.3. The van der Waals surface area contributed by atoms with Gasteiger partial charge in [-0.1, -0.05) is 27.7 Å². The van der Waals surface area contributed by atoms with Gasteiger partial charge in [-0.3, -0.25) is 4.90 Å². The van der Waals surface area contributed by atoms with Gasteiger partial charge >= 0.3 is 0 Å². The van der Waals surface area contributed by atoms with Gasteiger partial charge in [-0.25, -0.2) is 8.42 Å². The lowest BCUT2D eigenvalue weighted by molar-refractivity contribution is 0.00717. The Kier molecular flexibility index (Phi) is 6.69. The number of piperazine rings is 1. The molecule has 0 aromatic heterocycles. The molecule has 0 saturated carbocycles. The number of sulfone groups is 1. The first-order chi connectivity index (χ1) is 9.76. The van der Waals surface area contributed by atoms with Gasteiger partial charge in [0, 0.05) is 36.5 Å². The zero-order valence-electron chi connectivity index (χ0n) is 14.5. The molecule has 5 heteroatoms. The Hall–Kier alpha value is -0.130. The summed E-state index contributed by atoms with van der Waals surface area (Å²) in [6, 6.07) is 0. The van der Waals surface area contributed by atoms with Gasteiger partial charge in [0.2, 0.25) is 0 Å². The molecule has 0 radical (unpaired) electrons. The van der Waals surface area contributed by atoms with E-state index in [1.165, 1.54) is 0 Å². The highest BCUT2D eigenvalue weighted by Gasteiger charge is 2.42. The largest absolute Gasteiger partial charge is 0.308 e. The standard InChI is InChI=1S/C16H34N2O2S/c1-6-11-21(19,20)12-10-18-14-15(5,7-2)17-13-16(18,8-3)9-4/h17H,6-14H2,1-5H3. The fourth-order valence-electron chi connectivity index (χ4n) is 3.30. The lowest BCUT2D eigenvalue weighted by Gasteiger charge is -2.53. The van der Waals surface area contributed by atoms with Gasteiger partial charge in [0.1, 0.15) is 0 Å². The normalized spacial score (nSPS) is 26.9. The minimum Gasteiger partial charge on any atom is -0.308 e. The van der Waals surface area contributed by atoms with Gasteiger partial charge in [-0.15, -0.1) is 0 Å². The Morgan fingerprint density at radius 1 is 1.05 bits per heavy atom. The lowest BCUT2D eigenvalue weighted by atomic mass is 9.83. The molecule has 0 bridgehead atoms. The SMILES string of the molecule is CCCS(=O)(=O)CCN1CC(C)(CC)NCC1(CC)CC. The highest BCUT2D eigenvalue weighted by molar-refractivity contribution is 7.91. The van der Waals surface area contributed by atoms with Crippen molar-refractivity contribution in [2.75, 3.05) is 31.1 Å². The van der Waals surface area contributed by atoms with E-state index in [9.17, 15) is 8.42 Å². The summed E-state index contributed by atoms with van der Waals surface area (Å²) in [5.74, 6) is 0.609. The van der Waals surface area contributed by atoms with Crippen LogP contribution < -0.4 is 5.32 Å². The van der Waals surface area contributed by atoms with Crippen LogP contribution in [-0.4, -0.2) is 55.5 Å². The number of nitrogens with zero attached hydrogens (tertiary/aromatic N) is 1. The molecule has 1 saturated heterocycles. The molecule has 1 atom stereocenters. The molecule has 0 aromatic rings. The van der Waals surface area contributed by atoms with E-state index in [0.717, 1.165) is 32.4 Å². The van der Waals surface area contributed by atoms with E-state index in [0.29, 0.717) is 24.5 Å². The van der Waals surface area contributed by atoms with Gasteiger partial charge in [0.25, 0.3) is 0 Å². The van der Waals surface area contributed by atoms with Crippen molar-refractivity contribution in [2.24, 2.45) is 0 Å². The molecule has 1 aliphatic rings. The molecule has 1 N–H and O–H groups in total. The smallest absolute Gasteiger partial charge is 0.151 e. The third-order valence-corrected chi connectivity index (χ3v) is 7.17. The number of rotatable bonds is 8. The Morgan fingerprint density at radius 3 is 2.14 bits per heavy atom. The Labute approximate surface area is 131 Å². The van der Waals surface area contributed by atoms with Crippen molar-refractivity contribution in [3.05, 3.63) is 0 Å². The van der Waals surface area contributed by atoms with Crippen LogP contribution in [0.15, 0.2) is 0 Å². The fraction of sp³-hybridized carbons (Fsp3) is 1.00. The van der Waals surface area contributed by atoms with Crippen LogP contribution in [0.25, 0.3) is 0 Å². The van der Waals surface area contributed by atoms with E-state index in [-0.39, 0.29) is 11.1 Å². The van der Waals surface area contributed by atoms with E-state index >= 15 is 0 Å². The first kappa shape index (κ1) is 18.9. The monoisotopic (exact) mass is 318 g/mol. The predicted octanol–water partition coefficient (Wildman–Crippen LogP) is 2.44. The van der Waals surface area contributed by atoms with E-state index in [2.05, 4.69) is 37.9 Å². The summed E-state index contributed by atoms with van der Waals surface area (Å²) in [7, 11) is -2.90. The van der Waals surface area contributed by atoms with Crippen molar-refractivity contribution < 1.29 is 8.42 Å². The first-order valence-electron chi connectivity index (χ1n) is 8.47. The van der Waals surface area contributed by atoms with Gasteiger partial charge in [0.15, 0.2) is 9.84 Å². The third kappa shape index (κ3) is 4.67. The van der Waals surface area contributed by atoms with Crippen LogP contribution >= 0.6 is 0 Å². The lowest BCUT2D eigenvalue weighted by Crippen LogP contribution is -2.69. The fourth-order valence-corrected chi connectivity index (χ4v) is 4.62. The summed E-state index contributed by atoms with van der Waals surface area (Å²) in [5.41, 5.74) is 0.207. The van der Waals surface area contributed by atoms with Gasteiger partial charge in [0.05, 0.1) is 5.75 Å². The molecule has 126 valence electrons. The molecule has 1 rings (SSSR count). The van der Waals surface area contributed by atoms with Crippen molar-refractivity contribution in [3.8, 4) is 0 Å². The third-order valence-electron chi connectivity index (χ3n) is 5.34. The maximum atomic E-state index is 12.0. The van der Waals surface area contributed by atoms with Gasteiger partial charge in [-0.05, 0) is 32.6 Å². The predicted molar refractivity (Wildman–Crippen MR) is 90.5 cm³/mol. The van der Waals surface area contributed by atoms with Gasteiger partial charge < -0.3 is 5.32 Å². The number of nitrogens with one attached hydrogen (secondary N) is 1. The number of hydrogen-bond donors (Lipinski definition) is 1. The summed E-state index contributed by atoms with van der Waals surface area (Å²) < 4.78 is 24.1. The van der Waals surface area contributed by atoms with E-state index in [1.54, 1.807) is 0 Å². The Balaban J connectivity index is 2.85. The van der Waals surface area contributed by atoms with Crippen molar-refractivity contribution >= 4 is 9.84 Å². The molecular weight excluding hydrogens is 284 g/mol. The summed E-state index contributed by atoms with van der Waals surface area (Å²) in [5, 5.41) is 3.70. The average molecular weight is 319 g/mol. The van der Waals surface area contributed by atoms with Crippen LogP contribution in [0.1, 0.15) is 60.3 Å². The van der Waals surface area contributed by atoms with Crippen molar-refractivity contribution in [1.82, 2.24) is 10.2 Å². The average Bonchev–Trinajstić information content (AvgIpc) is 2.46. The second-order valence-corrected chi connectivity index (χ2v) is 9.08. The van der Waals surface area contributed by atoms with E-state index in [4.69, 9.17) is 0 Å². The second-order valence-electron chi connectivity index (χ2n) is 6.77. The molecule has 0 aliphatic carbocycles.